The molecule has 0 saturated carbocycles. The molecule has 88 valence electrons. The first kappa shape index (κ1) is 11.7. The predicted molar refractivity (Wildman–Crippen MR) is 68.8 cm³/mol. The SMILES string of the molecule is CNc1cnc(CN2CCSC(C)C2)cn1. The van der Waals surface area contributed by atoms with E-state index in [0.717, 1.165) is 36.4 Å². The number of nitrogens with one attached hydrogen (secondary N) is 1. The van der Waals surface area contributed by atoms with Gasteiger partial charge in [-0.15, -0.1) is 0 Å². The van der Waals surface area contributed by atoms with Crippen LogP contribution in [-0.2, 0) is 6.54 Å². The smallest absolute Gasteiger partial charge is 0.144 e. The van der Waals surface area contributed by atoms with Gasteiger partial charge in [0.2, 0.25) is 0 Å². The van der Waals surface area contributed by atoms with E-state index in [2.05, 4.69) is 38.9 Å². The van der Waals surface area contributed by atoms with Crippen LogP contribution in [-0.4, -0.2) is 46.0 Å². The molecule has 5 heteroatoms. The molecule has 1 fully saturated rings. The van der Waals surface area contributed by atoms with Gasteiger partial charge in [-0.25, -0.2) is 4.98 Å². The number of hydrogen-bond donors (Lipinski definition) is 1. The predicted octanol–water partition coefficient (Wildman–Crippen LogP) is 1.46. The Bertz CT molecular complexity index is 327. The Kier molecular flexibility index (Phi) is 4.01. The monoisotopic (exact) mass is 238 g/mol. The Morgan fingerprint density at radius 2 is 2.38 bits per heavy atom. The number of anilines is 1. The molecule has 0 aromatic carbocycles. The minimum absolute atomic E-state index is 0.735. The molecule has 1 unspecified atom stereocenters. The van der Waals surface area contributed by atoms with Gasteiger partial charge in [0.25, 0.3) is 0 Å². The van der Waals surface area contributed by atoms with Crippen LogP contribution in [0.3, 0.4) is 0 Å². The minimum Gasteiger partial charge on any atom is -0.372 e. The van der Waals surface area contributed by atoms with Crippen LogP contribution in [0.25, 0.3) is 0 Å². The molecule has 1 N–H and O–H groups in total. The third-order valence-corrected chi connectivity index (χ3v) is 3.81. The lowest BCUT2D eigenvalue weighted by atomic mass is 10.3. The third-order valence-electron chi connectivity index (χ3n) is 2.67. The standard InChI is InChI=1S/C11H18N4S/c1-9-7-15(3-4-16-9)8-10-5-14-11(12-2)6-13-10/h5-6,9H,3-4,7-8H2,1-2H3,(H,12,14). The first-order chi connectivity index (χ1) is 7.78. The maximum atomic E-state index is 4.40. The number of hydrogen-bond acceptors (Lipinski definition) is 5. The Hall–Kier alpha value is -0.810. The van der Waals surface area contributed by atoms with Crippen LogP contribution in [0.5, 0.6) is 0 Å². The summed E-state index contributed by atoms with van der Waals surface area (Å²) >= 11 is 2.05. The number of thioether (sulfide) groups is 1. The molecule has 1 aromatic heterocycles. The van der Waals surface area contributed by atoms with Crippen molar-refractivity contribution in [3.63, 3.8) is 0 Å². The maximum Gasteiger partial charge on any atom is 0.144 e. The topological polar surface area (TPSA) is 41.1 Å². The number of aromatic nitrogens is 2. The molecule has 0 amide bonds. The Morgan fingerprint density at radius 3 is 3.00 bits per heavy atom. The van der Waals surface area contributed by atoms with Gasteiger partial charge in [-0.2, -0.15) is 11.8 Å². The lowest BCUT2D eigenvalue weighted by Gasteiger charge is -2.29. The average molecular weight is 238 g/mol. The summed E-state index contributed by atoms with van der Waals surface area (Å²) in [6, 6.07) is 0. The van der Waals surface area contributed by atoms with E-state index in [9.17, 15) is 0 Å². The zero-order valence-corrected chi connectivity index (χ0v) is 10.6. The molecule has 1 aromatic rings. The molecule has 1 saturated heterocycles. The van der Waals surface area contributed by atoms with Crippen molar-refractivity contribution in [2.45, 2.75) is 18.7 Å². The van der Waals surface area contributed by atoms with Crippen LogP contribution < -0.4 is 5.32 Å². The second kappa shape index (κ2) is 5.50. The van der Waals surface area contributed by atoms with Gasteiger partial charge < -0.3 is 5.32 Å². The Morgan fingerprint density at radius 1 is 1.50 bits per heavy atom. The lowest BCUT2D eigenvalue weighted by molar-refractivity contribution is 0.275. The molecule has 2 rings (SSSR count). The van der Waals surface area contributed by atoms with E-state index in [-0.39, 0.29) is 0 Å². The van der Waals surface area contributed by atoms with Crippen molar-refractivity contribution in [3.05, 3.63) is 18.1 Å². The molecule has 16 heavy (non-hydrogen) atoms. The summed E-state index contributed by atoms with van der Waals surface area (Å²) in [5, 5.41) is 3.71. The van der Waals surface area contributed by atoms with Crippen molar-refractivity contribution in [2.75, 3.05) is 31.2 Å². The van der Waals surface area contributed by atoms with Crippen LogP contribution in [0.2, 0.25) is 0 Å². The van der Waals surface area contributed by atoms with E-state index in [4.69, 9.17) is 0 Å². The second-order valence-electron chi connectivity index (χ2n) is 4.06. The molecule has 0 radical (unpaired) electrons. The number of rotatable bonds is 3. The van der Waals surface area contributed by atoms with Crippen molar-refractivity contribution in [1.29, 1.82) is 0 Å². The summed E-state index contributed by atoms with van der Waals surface area (Å²) < 4.78 is 0. The molecule has 2 heterocycles. The van der Waals surface area contributed by atoms with Gasteiger partial charge in [-0.05, 0) is 0 Å². The molecular formula is C11H18N4S. The molecule has 1 aliphatic heterocycles. The molecule has 1 aliphatic rings. The average Bonchev–Trinajstić information content (AvgIpc) is 2.30. The van der Waals surface area contributed by atoms with E-state index in [1.54, 1.807) is 6.20 Å². The number of nitrogens with zero attached hydrogens (tertiary/aromatic N) is 3. The molecule has 0 spiro atoms. The van der Waals surface area contributed by atoms with Crippen LogP contribution in [0.1, 0.15) is 12.6 Å². The molecule has 0 aliphatic carbocycles. The highest BCUT2D eigenvalue weighted by atomic mass is 32.2. The first-order valence-corrected chi connectivity index (χ1v) is 6.65. The van der Waals surface area contributed by atoms with Gasteiger partial charge in [-0.3, -0.25) is 9.88 Å². The quantitative estimate of drug-likeness (QED) is 0.863. The summed E-state index contributed by atoms with van der Waals surface area (Å²) in [6.45, 7) is 5.51. The second-order valence-corrected chi connectivity index (χ2v) is 5.61. The van der Waals surface area contributed by atoms with Crippen molar-refractivity contribution in [2.24, 2.45) is 0 Å². The largest absolute Gasteiger partial charge is 0.372 e. The van der Waals surface area contributed by atoms with Crippen molar-refractivity contribution < 1.29 is 0 Å². The highest BCUT2D eigenvalue weighted by molar-refractivity contribution is 7.99. The van der Waals surface area contributed by atoms with E-state index in [0.29, 0.717) is 0 Å². The van der Waals surface area contributed by atoms with Crippen LogP contribution in [0.4, 0.5) is 5.82 Å². The highest BCUT2D eigenvalue weighted by Gasteiger charge is 2.16. The third kappa shape index (κ3) is 3.09. The van der Waals surface area contributed by atoms with Crippen LogP contribution in [0, 0.1) is 0 Å². The van der Waals surface area contributed by atoms with Gasteiger partial charge >= 0.3 is 0 Å². The van der Waals surface area contributed by atoms with E-state index in [1.165, 1.54) is 5.75 Å². The molecule has 0 bridgehead atoms. The normalized spacial score (nSPS) is 22.0. The van der Waals surface area contributed by atoms with Gasteiger partial charge in [0, 0.05) is 37.7 Å². The molecular weight excluding hydrogens is 220 g/mol. The summed E-state index contributed by atoms with van der Waals surface area (Å²) in [4.78, 5) is 11.1. The summed E-state index contributed by atoms with van der Waals surface area (Å²) in [6.07, 6.45) is 3.65. The molecule has 1 atom stereocenters. The summed E-state index contributed by atoms with van der Waals surface area (Å²) in [7, 11) is 1.85. The van der Waals surface area contributed by atoms with E-state index in [1.807, 2.05) is 13.2 Å². The Balaban J connectivity index is 1.92. The van der Waals surface area contributed by atoms with E-state index < -0.39 is 0 Å². The summed E-state index contributed by atoms with van der Waals surface area (Å²) in [5.74, 6) is 2.05. The Labute approximate surface area is 101 Å². The van der Waals surface area contributed by atoms with Crippen molar-refractivity contribution >= 4 is 17.6 Å². The van der Waals surface area contributed by atoms with Gasteiger partial charge in [0.1, 0.15) is 5.82 Å². The van der Waals surface area contributed by atoms with Gasteiger partial charge in [0.15, 0.2) is 0 Å². The maximum absolute atomic E-state index is 4.40. The first-order valence-electron chi connectivity index (χ1n) is 5.60. The van der Waals surface area contributed by atoms with Crippen LogP contribution >= 0.6 is 11.8 Å². The van der Waals surface area contributed by atoms with Crippen LogP contribution in [0.15, 0.2) is 12.4 Å². The fourth-order valence-corrected chi connectivity index (χ4v) is 2.91. The fraction of sp³-hybridized carbons (Fsp3) is 0.636. The zero-order valence-electron chi connectivity index (χ0n) is 9.81. The lowest BCUT2D eigenvalue weighted by Crippen LogP contribution is -2.36. The minimum atomic E-state index is 0.735. The van der Waals surface area contributed by atoms with Gasteiger partial charge in [0.05, 0.1) is 18.1 Å². The van der Waals surface area contributed by atoms with Gasteiger partial charge in [-0.1, -0.05) is 6.92 Å². The summed E-state index contributed by atoms with van der Waals surface area (Å²) in [5.41, 5.74) is 1.05. The highest BCUT2D eigenvalue weighted by Crippen LogP contribution is 2.18. The zero-order chi connectivity index (χ0) is 11.4. The molecule has 4 nitrogen and oxygen atoms in total. The van der Waals surface area contributed by atoms with E-state index >= 15 is 0 Å². The van der Waals surface area contributed by atoms with Crippen molar-refractivity contribution in [1.82, 2.24) is 14.9 Å². The van der Waals surface area contributed by atoms with Crippen molar-refractivity contribution in [3.8, 4) is 0 Å². The fourth-order valence-electron chi connectivity index (χ4n) is 1.83.